The van der Waals surface area contributed by atoms with Gasteiger partial charge in [0.1, 0.15) is 5.75 Å². The molecule has 2 N–H and O–H groups in total. The molecule has 2 aliphatic rings. The molecule has 0 bridgehead atoms. The first-order chi connectivity index (χ1) is 23.4. The first-order valence-corrected chi connectivity index (χ1v) is 17.3. The molecular formula is C37H35F3N4O3S2. The number of ether oxygens (including phenoxy) is 1. The maximum absolute atomic E-state index is 12.8. The fourth-order valence-electron chi connectivity index (χ4n) is 4.89. The van der Waals surface area contributed by atoms with E-state index in [1.807, 2.05) is 86.6 Å². The van der Waals surface area contributed by atoms with Crippen LogP contribution in [-0.2, 0) is 28.6 Å². The molecule has 0 radical (unpaired) electrons. The lowest BCUT2D eigenvalue weighted by atomic mass is 10.1. The SMILES string of the molecule is COc1ccc(CCC2SC(=Nc3ccc(C)cc3)NC2=O)cc1.Cc1ccc(N=C2NC(=O)C(Cc3cccc(C(F)(F)F)c3)S2)cc1. The second-order valence-corrected chi connectivity index (χ2v) is 13.9. The van der Waals surface area contributed by atoms with E-state index in [2.05, 4.69) is 20.6 Å². The van der Waals surface area contributed by atoms with Crippen LogP contribution in [0, 0.1) is 13.8 Å². The average molecular weight is 705 g/mol. The number of rotatable bonds is 8. The third-order valence-electron chi connectivity index (χ3n) is 7.61. The first kappa shape index (κ1) is 35.7. The maximum atomic E-state index is 12.8. The summed E-state index contributed by atoms with van der Waals surface area (Å²) in [6.07, 6.45) is -2.53. The molecule has 12 heteroatoms. The molecule has 2 aliphatic heterocycles. The molecule has 0 aliphatic carbocycles. The number of benzene rings is 4. The zero-order valence-electron chi connectivity index (χ0n) is 27.1. The van der Waals surface area contributed by atoms with Crippen LogP contribution in [0.25, 0.3) is 0 Å². The number of carbonyl (C=O) groups excluding carboxylic acids is 2. The zero-order valence-corrected chi connectivity index (χ0v) is 28.7. The van der Waals surface area contributed by atoms with Gasteiger partial charge in [-0.2, -0.15) is 13.2 Å². The molecule has 0 saturated carbocycles. The van der Waals surface area contributed by atoms with Gasteiger partial charge in [0.05, 0.1) is 34.5 Å². The van der Waals surface area contributed by atoms with Crippen molar-refractivity contribution >= 4 is 57.0 Å². The Morgan fingerprint density at radius 3 is 1.78 bits per heavy atom. The van der Waals surface area contributed by atoms with Crippen LogP contribution in [0.5, 0.6) is 5.75 Å². The fourth-order valence-corrected chi connectivity index (χ4v) is 6.91. The van der Waals surface area contributed by atoms with Crippen molar-refractivity contribution in [2.75, 3.05) is 7.11 Å². The number of hydrogen-bond acceptors (Lipinski definition) is 7. The number of nitrogens with zero attached hydrogens (tertiary/aromatic N) is 2. The molecule has 2 saturated heterocycles. The number of thioether (sulfide) groups is 2. The van der Waals surface area contributed by atoms with Crippen LogP contribution >= 0.6 is 23.5 Å². The molecule has 0 aromatic heterocycles. The van der Waals surface area contributed by atoms with Gasteiger partial charge in [-0.25, -0.2) is 9.98 Å². The molecule has 49 heavy (non-hydrogen) atoms. The van der Waals surface area contributed by atoms with Gasteiger partial charge in [-0.3, -0.25) is 9.59 Å². The van der Waals surface area contributed by atoms with Crippen LogP contribution in [0.2, 0.25) is 0 Å². The minimum Gasteiger partial charge on any atom is -0.497 e. The van der Waals surface area contributed by atoms with E-state index in [0.29, 0.717) is 21.6 Å². The van der Waals surface area contributed by atoms with E-state index in [4.69, 9.17) is 4.74 Å². The number of aryl methyl sites for hydroxylation is 3. The Kier molecular flexibility index (Phi) is 11.8. The molecular weight excluding hydrogens is 670 g/mol. The Balaban J connectivity index is 0.000000191. The number of nitrogens with one attached hydrogen (secondary N) is 2. The topological polar surface area (TPSA) is 92.2 Å². The Morgan fingerprint density at radius 2 is 1.24 bits per heavy atom. The largest absolute Gasteiger partial charge is 0.497 e. The van der Waals surface area contributed by atoms with Gasteiger partial charge in [0.2, 0.25) is 11.8 Å². The van der Waals surface area contributed by atoms with Crippen LogP contribution in [-0.4, -0.2) is 39.8 Å². The first-order valence-electron chi connectivity index (χ1n) is 15.5. The normalized spacial score (nSPS) is 19.0. The molecule has 2 amide bonds. The highest BCUT2D eigenvalue weighted by Gasteiger charge is 2.33. The number of halogens is 3. The van der Waals surface area contributed by atoms with E-state index in [1.54, 1.807) is 13.2 Å². The van der Waals surface area contributed by atoms with Gasteiger partial charge in [-0.05, 0) is 86.7 Å². The predicted octanol–water partition coefficient (Wildman–Crippen LogP) is 8.33. The summed E-state index contributed by atoms with van der Waals surface area (Å²) in [6.45, 7) is 4.01. The Morgan fingerprint density at radius 1 is 0.714 bits per heavy atom. The lowest BCUT2D eigenvalue weighted by Gasteiger charge is -2.10. The Hall–Kier alpha value is -4.55. The molecule has 2 fully saturated rings. The van der Waals surface area contributed by atoms with Crippen molar-refractivity contribution in [1.82, 2.24) is 10.6 Å². The molecule has 4 aromatic carbocycles. The van der Waals surface area contributed by atoms with Gasteiger partial charge in [0.15, 0.2) is 10.3 Å². The van der Waals surface area contributed by atoms with Crippen molar-refractivity contribution in [3.05, 3.63) is 125 Å². The highest BCUT2D eigenvalue weighted by molar-refractivity contribution is 8.16. The smallest absolute Gasteiger partial charge is 0.416 e. The number of methoxy groups -OCH3 is 1. The van der Waals surface area contributed by atoms with E-state index >= 15 is 0 Å². The van der Waals surface area contributed by atoms with Crippen molar-refractivity contribution in [3.8, 4) is 5.75 Å². The van der Waals surface area contributed by atoms with E-state index in [1.165, 1.54) is 40.7 Å². The molecule has 7 nitrogen and oxygen atoms in total. The maximum Gasteiger partial charge on any atom is 0.416 e. The predicted molar refractivity (Wildman–Crippen MR) is 192 cm³/mol. The second-order valence-electron chi connectivity index (χ2n) is 11.5. The summed E-state index contributed by atoms with van der Waals surface area (Å²) in [5.41, 5.74) is 4.84. The molecule has 0 spiro atoms. The Labute approximate surface area is 291 Å². The minimum atomic E-state index is -4.39. The molecule has 2 atom stereocenters. The van der Waals surface area contributed by atoms with Crippen LogP contribution in [0.15, 0.2) is 107 Å². The summed E-state index contributed by atoms with van der Waals surface area (Å²) in [4.78, 5) is 33.1. The van der Waals surface area contributed by atoms with Gasteiger partial charge in [0.25, 0.3) is 0 Å². The number of hydrogen-bond donors (Lipinski definition) is 2. The van der Waals surface area contributed by atoms with Gasteiger partial charge < -0.3 is 15.4 Å². The van der Waals surface area contributed by atoms with Crippen molar-refractivity contribution in [3.63, 3.8) is 0 Å². The van der Waals surface area contributed by atoms with E-state index in [9.17, 15) is 22.8 Å². The van der Waals surface area contributed by atoms with Crippen molar-refractivity contribution < 1.29 is 27.5 Å². The van der Waals surface area contributed by atoms with Gasteiger partial charge in [0, 0.05) is 0 Å². The summed E-state index contributed by atoms with van der Waals surface area (Å²) in [5, 5.41) is 6.13. The van der Waals surface area contributed by atoms with E-state index in [0.717, 1.165) is 42.0 Å². The number of alkyl halides is 3. The van der Waals surface area contributed by atoms with Crippen LogP contribution in [0.3, 0.4) is 0 Å². The van der Waals surface area contributed by atoms with E-state index in [-0.39, 0.29) is 23.5 Å². The van der Waals surface area contributed by atoms with Crippen molar-refractivity contribution in [1.29, 1.82) is 0 Å². The lowest BCUT2D eigenvalue weighted by molar-refractivity contribution is -0.137. The van der Waals surface area contributed by atoms with Crippen molar-refractivity contribution in [2.24, 2.45) is 9.98 Å². The number of aliphatic imine (C=N–C) groups is 2. The second kappa shape index (κ2) is 16.2. The number of carbonyl (C=O) groups is 2. The lowest BCUT2D eigenvalue weighted by Crippen LogP contribution is -2.26. The standard InChI is InChI=1S/C19H20N2O2S.C18H15F3N2OS/c1-13-3-8-15(9-4-13)20-19-21-18(22)17(24-19)12-7-14-5-10-16(23-2)11-6-14;1-11-5-7-14(8-6-11)22-17-23-16(24)15(25-17)10-12-3-2-4-13(9-12)18(19,20)21/h3-6,8-11,17H,7,12H2,1-2H3,(H,20,21,22);2-9,15H,10H2,1H3,(H,22,23,24). The van der Waals surface area contributed by atoms with Crippen LogP contribution in [0.1, 0.15) is 34.2 Å². The molecule has 4 aromatic rings. The summed E-state index contributed by atoms with van der Waals surface area (Å²) in [5.74, 6) is 0.645. The van der Waals surface area contributed by atoms with Gasteiger partial charge >= 0.3 is 6.18 Å². The zero-order chi connectivity index (χ0) is 35.0. The van der Waals surface area contributed by atoms with Crippen molar-refractivity contribution in [2.45, 2.75) is 49.8 Å². The molecule has 6 rings (SSSR count). The summed E-state index contributed by atoms with van der Waals surface area (Å²) in [6, 6.07) is 28.5. The number of amides is 2. The summed E-state index contributed by atoms with van der Waals surface area (Å²) >= 11 is 2.74. The third kappa shape index (κ3) is 10.5. The average Bonchev–Trinajstić information content (AvgIpc) is 3.61. The van der Waals surface area contributed by atoms with Crippen LogP contribution in [0.4, 0.5) is 24.5 Å². The van der Waals surface area contributed by atoms with Crippen LogP contribution < -0.4 is 15.4 Å². The fraction of sp³-hybridized carbons (Fsp3) is 0.243. The monoisotopic (exact) mass is 704 g/mol. The van der Waals surface area contributed by atoms with Gasteiger partial charge in [-0.15, -0.1) is 0 Å². The minimum absolute atomic E-state index is 0.0411. The highest BCUT2D eigenvalue weighted by atomic mass is 32.2. The van der Waals surface area contributed by atoms with E-state index < -0.39 is 17.0 Å². The van der Waals surface area contributed by atoms with Gasteiger partial charge in [-0.1, -0.05) is 89.2 Å². The Bertz CT molecular complexity index is 1830. The summed E-state index contributed by atoms with van der Waals surface area (Å²) < 4.78 is 43.5. The number of amidine groups is 2. The third-order valence-corrected chi connectivity index (χ3v) is 9.84. The quantitative estimate of drug-likeness (QED) is 0.193. The molecule has 2 unspecified atom stereocenters. The molecule has 254 valence electrons. The summed E-state index contributed by atoms with van der Waals surface area (Å²) in [7, 11) is 1.66. The highest BCUT2D eigenvalue weighted by Crippen LogP contribution is 2.32. The molecule has 2 heterocycles.